The second-order valence-electron chi connectivity index (χ2n) is 7.05. The average molecular weight is 390 g/mol. The maximum atomic E-state index is 12.4. The van der Waals surface area contributed by atoms with Crippen LogP contribution >= 0.6 is 0 Å². The van der Waals surface area contributed by atoms with Crippen molar-refractivity contribution in [3.05, 3.63) is 59.9 Å². The molecule has 0 saturated carbocycles. The van der Waals surface area contributed by atoms with Gasteiger partial charge in [-0.15, -0.1) is 10.2 Å². The summed E-state index contributed by atoms with van der Waals surface area (Å²) in [5, 5.41) is 11.6. The zero-order valence-electron chi connectivity index (χ0n) is 16.2. The van der Waals surface area contributed by atoms with Crippen molar-refractivity contribution in [2.45, 2.75) is 39.2 Å². The first-order valence-electron chi connectivity index (χ1n) is 9.72. The van der Waals surface area contributed by atoms with Crippen molar-refractivity contribution in [2.75, 3.05) is 5.32 Å². The van der Waals surface area contributed by atoms with E-state index in [1.54, 1.807) is 24.3 Å². The minimum absolute atomic E-state index is 0.233. The van der Waals surface area contributed by atoms with Crippen LogP contribution in [-0.4, -0.2) is 26.6 Å². The van der Waals surface area contributed by atoms with Crippen LogP contribution in [-0.2, 0) is 17.8 Å². The molecule has 4 rings (SSSR count). The van der Waals surface area contributed by atoms with Gasteiger partial charge in [-0.05, 0) is 61.4 Å². The Morgan fingerprint density at radius 3 is 2.45 bits per heavy atom. The molecule has 0 saturated heterocycles. The van der Waals surface area contributed by atoms with Crippen LogP contribution in [0.2, 0.25) is 0 Å². The van der Waals surface area contributed by atoms with E-state index in [0.717, 1.165) is 43.0 Å². The van der Waals surface area contributed by atoms with Crippen LogP contribution in [0.15, 0.2) is 48.5 Å². The summed E-state index contributed by atoms with van der Waals surface area (Å²) in [5.41, 5.74) is 2.15. The Morgan fingerprint density at radius 2 is 1.72 bits per heavy atom. The first-order valence-corrected chi connectivity index (χ1v) is 9.72. The molecular formula is C22H22N4O3. The van der Waals surface area contributed by atoms with Crippen LogP contribution < -0.4 is 10.1 Å². The fraction of sp³-hybridized carbons (Fsp3) is 0.273. The van der Waals surface area contributed by atoms with Crippen LogP contribution in [0.25, 0.3) is 11.4 Å². The normalized spacial score (nSPS) is 13.3. The van der Waals surface area contributed by atoms with Crippen LogP contribution in [0, 0.1) is 0 Å². The number of esters is 1. The summed E-state index contributed by atoms with van der Waals surface area (Å²) in [6.07, 6.45) is 4.49. The Morgan fingerprint density at radius 1 is 0.966 bits per heavy atom. The van der Waals surface area contributed by atoms with Gasteiger partial charge in [0.05, 0.1) is 0 Å². The third kappa shape index (κ3) is 4.34. The number of anilines is 1. The van der Waals surface area contributed by atoms with E-state index in [-0.39, 0.29) is 5.91 Å². The van der Waals surface area contributed by atoms with Gasteiger partial charge in [-0.1, -0.05) is 6.42 Å². The molecule has 0 aliphatic carbocycles. The second kappa shape index (κ2) is 8.26. The maximum Gasteiger partial charge on any atom is 0.308 e. The van der Waals surface area contributed by atoms with Crippen LogP contribution in [0.5, 0.6) is 5.75 Å². The van der Waals surface area contributed by atoms with Gasteiger partial charge in [0, 0.05) is 36.7 Å². The van der Waals surface area contributed by atoms with Crippen LogP contribution in [0.3, 0.4) is 0 Å². The van der Waals surface area contributed by atoms with Crippen molar-refractivity contribution in [1.29, 1.82) is 0 Å². The first-order chi connectivity index (χ1) is 14.1. The summed E-state index contributed by atoms with van der Waals surface area (Å²) in [5.74, 6) is 1.70. The fourth-order valence-corrected chi connectivity index (χ4v) is 3.44. The third-order valence-electron chi connectivity index (χ3n) is 4.89. The van der Waals surface area contributed by atoms with Gasteiger partial charge in [0.1, 0.15) is 11.6 Å². The molecule has 0 fully saturated rings. The standard InChI is InChI=1S/C22H22N4O3/c1-15(27)29-19-12-8-17(9-13-19)22(28)23-18-10-6-16(7-11-18)21-25-24-20-5-3-2-4-14-26(20)21/h6-13H,2-5,14H2,1H3,(H,23,28). The molecule has 2 aromatic carbocycles. The number of hydrogen-bond acceptors (Lipinski definition) is 5. The smallest absolute Gasteiger partial charge is 0.308 e. The Labute approximate surface area is 168 Å². The van der Waals surface area contributed by atoms with Crippen molar-refractivity contribution < 1.29 is 14.3 Å². The number of nitrogens with zero attached hydrogens (tertiary/aromatic N) is 3. The summed E-state index contributed by atoms with van der Waals surface area (Å²) >= 11 is 0. The molecule has 1 aliphatic rings. The summed E-state index contributed by atoms with van der Waals surface area (Å²) in [4.78, 5) is 23.4. The molecule has 0 atom stereocenters. The number of nitrogens with one attached hydrogen (secondary N) is 1. The summed E-state index contributed by atoms with van der Waals surface area (Å²) in [6, 6.07) is 14.0. The first kappa shape index (κ1) is 18.9. The number of aromatic nitrogens is 3. The number of ether oxygens (including phenoxy) is 1. The van der Waals surface area contributed by atoms with E-state index in [1.165, 1.54) is 13.3 Å². The third-order valence-corrected chi connectivity index (χ3v) is 4.89. The monoisotopic (exact) mass is 390 g/mol. The van der Waals surface area contributed by atoms with Gasteiger partial charge in [-0.2, -0.15) is 0 Å². The molecule has 1 aromatic heterocycles. The lowest BCUT2D eigenvalue weighted by atomic mass is 10.1. The largest absolute Gasteiger partial charge is 0.427 e. The highest BCUT2D eigenvalue weighted by Gasteiger charge is 2.16. The minimum Gasteiger partial charge on any atom is -0.427 e. The molecule has 1 aliphatic heterocycles. The number of fused-ring (bicyclic) bond motifs is 1. The number of aryl methyl sites for hydroxylation is 1. The van der Waals surface area contributed by atoms with Crippen LogP contribution in [0.4, 0.5) is 5.69 Å². The van der Waals surface area contributed by atoms with Crippen molar-refractivity contribution >= 4 is 17.6 Å². The van der Waals surface area contributed by atoms with Gasteiger partial charge < -0.3 is 14.6 Å². The number of carbonyl (C=O) groups is 2. The van der Waals surface area contributed by atoms with Gasteiger partial charge in [0.2, 0.25) is 0 Å². The highest BCUT2D eigenvalue weighted by Crippen LogP contribution is 2.24. The van der Waals surface area contributed by atoms with Crippen LogP contribution in [0.1, 0.15) is 42.4 Å². The predicted octanol–water partition coefficient (Wildman–Crippen LogP) is 3.85. The Bertz CT molecular complexity index is 1020. The van der Waals surface area contributed by atoms with E-state index >= 15 is 0 Å². The summed E-state index contributed by atoms with van der Waals surface area (Å²) in [6.45, 7) is 2.28. The molecule has 2 heterocycles. The molecule has 3 aromatic rings. The molecular weight excluding hydrogens is 368 g/mol. The number of amides is 1. The SMILES string of the molecule is CC(=O)Oc1ccc(C(=O)Nc2ccc(-c3nnc4n3CCCCC4)cc2)cc1. The Kier molecular flexibility index (Phi) is 5.37. The highest BCUT2D eigenvalue weighted by molar-refractivity contribution is 6.04. The van der Waals surface area contributed by atoms with Gasteiger partial charge in [0.15, 0.2) is 5.82 Å². The number of hydrogen-bond donors (Lipinski definition) is 1. The number of benzene rings is 2. The van der Waals surface area contributed by atoms with E-state index in [2.05, 4.69) is 20.1 Å². The van der Waals surface area contributed by atoms with Gasteiger partial charge in [0.25, 0.3) is 5.91 Å². The van der Waals surface area contributed by atoms with E-state index in [1.807, 2.05) is 24.3 Å². The van der Waals surface area contributed by atoms with Crippen molar-refractivity contribution in [1.82, 2.24) is 14.8 Å². The molecule has 29 heavy (non-hydrogen) atoms. The van der Waals surface area contributed by atoms with Gasteiger partial charge in [-0.25, -0.2) is 0 Å². The van der Waals surface area contributed by atoms with Gasteiger partial charge in [-0.3, -0.25) is 9.59 Å². The molecule has 1 N–H and O–H groups in total. The lowest BCUT2D eigenvalue weighted by molar-refractivity contribution is -0.131. The van der Waals surface area contributed by atoms with E-state index in [9.17, 15) is 9.59 Å². The highest BCUT2D eigenvalue weighted by atomic mass is 16.5. The quantitative estimate of drug-likeness (QED) is 0.540. The topological polar surface area (TPSA) is 86.1 Å². The second-order valence-corrected chi connectivity index (χ2v) is 7.05. The number of rotatable bonds is 4. The van der Waals surface area contributed by atoms with E-state index < -0.39 is 5.97 Å². The Hall–Kier alpha value is -3.48. The van der Waals surface area contributed by atoms with E-state index in [4.69, 9.17) is 4.74 Å². The Balaban J connectivity index is 1.45. The minimum atomic E-state index is -0.396. The molecule has 0 unspecified atom stereocenters. The van der Waals surface area contributed by atoms with Crippen molar-refractivity contribution in [3.8, 4) is 17.1 Å². The number of carbonyl (C=O) groups excluding carboxylic acids is 2. The zero-order chi connectivity index (χ0) is 20.2. The molecule has 148 valence electrons. The molecule has 7 nitrogen and oxygen atoms in total. The summed E-state index contributed by atoms with van der Waals surface area (Å²) in [7, 11) is 0. The molecule has 0 radical (unpaired) electrons. The molecule has 0 spiro atoms. The average Bonchev–Trinajstić information content (AvgIpc) is 2.97. The molecule has 1 amide bonds. The lowest BCUT2D eigenvalue weighted by Crippen LogP contribution is -2.12. The molecule has 0 bridgehead atoms. The van der Waals surface area contributed by atoms with Crippen molar-refractivity contribution in [3.63, 3.8) is 0 Å². The fourth-order valence-electron chi connectivity index (χ4n) is 3.44. The van der Waals surface area contributed by atoms with Crippen molar-refractivity contribution in [2.24, 2.45) is 0 Å². The lowest BCUT2D eigenvalue weighted by Gasteiger charge is -2.09. The summed E-state index contributed by atoms with van der Waals surface area (Å²) < 4.78 is 7.18. The van der Waals surface area contributed by atoms with E-state index in [0.29, 0.717) is 17.0 Å². The van der Waals surface area contributed by atoms with Gasteiger partial charge >= 0.3 is 5.97 Å². The molecule has 7 heteroatoms. The maximum absolute atomic E-state index is 12.4. The predicted molar refractivity (Wildman–Crippen MR) is 109 cm³/mol. The zero-order valence-corrected chi connectivity index (χ0v) is 16.2.